The van der Waals surface area contributed by atoms with Gasteiger partial charge in [0.25, 0.3) is 0 Å². The van der Waals surface area contributed by atoms with Crippen LogP contribution in [0.3, 0.4) is 0 Å². The molecule has 4 nitrogen and oxygen atoms in total. The highest BCUT2D eigenvalue weighted by molar-refractivity contribution is 5.78. The molecule has 1 saturated carbocycles. The highest BCUT2D eigenvalue weighted by Gasteiger charge is 2.23. The molecule has 1 aromatic carbocycles. The number of hydrogen-bond acceptors (Lipinski definition) is 2. The van der Waals surface area contributed by atoms with Crippen molar-refractivity contribution in [2.24, 2.45) is 5.92 Å². The average molecular weight is 299 g/mol. The number of rotatable bonds is 5. The molecule has 4 heteroatoms. The van der Waals surface area contributed by atoms with Crippen LogP contribution in [-0.2, 0) is 11.2 Å². The van der Waals surface area contributed by atoms with Crippen molar-refractivity contribution in [2.75, 3.05) is 13.6 Å². The summed E-state index contributed by atoms with van der Waals surface area (Å²) in [6.45, 7) is 0.812. The normalized spacial score (nSPS) is 16.0. The second-order valence-corrected chi connectivity index (χ2v) is 6.40. The van der Waals surface area contributed by atoms with E-state index in [1.807, 2.05) is 36.2 Å². The van der Waals surface area contributed by atoms with Gasteiger partial charge in [-0.1, -0.05) is 31.4 Å². The largest absolute Gasteiger partial charge is 0.346 e. The lowest BCUT2D eigenvalue weighted by Gasteiger charge is -2.26. The molecule has 1 N–H and O–H groups in total. The van der Waals surface area contributed by atoms with Crippen LogP contribution in [0.2, 0.25) is 0 Å². The zero-order valence-electron chi connectivity index (χ0n) is 13.3. The fraction of sp³-hybridized carbons (Fsp3) is 0.556. The van der Waals surface area contributed by atoms with E-state index < -0.39 is 0 Å². The van der Waals surface area contributed by atoms with Gasteiger partial charge in [0.15, 0.2) is 0 Å². The molecular formula is C18H25N3O. The third-order valence-electron chi connectivity index (χ3n) is 4.68. The number of nitrogens with one attached hydrogen (secondary N) is 1. The summed E-state index contributed by atoms with van der Waals surface area (Å²) in [6, 6.07) is 8.09. The van der Waals surface area contributed by atoms with E-state index in [1.54, 1.807) is 0 Å². The van der Waals surface area contributed by atoms with Gasteiger partial charge in [-0.25, -0.2) is 4.98 Å². The van der Waals surface area contributed by atoms with Gasteiger partial charge >= 0.3 is 0 Å². The van der Waals surface area contributed by atoms with Gasteiger partial charge in [0.05, 0.1) is 11.0 Å². The van der Waals surface area contributed by atoms with Crippen LogP contribution in [0.1, 0.15) is 44.3 Å². The summed E-state index contributed by atoms with van der Waals surface area (Å²) in [5, 5.41) is 0. The number of aryl methyl sites for hydroxylation is 1. The van der Waals surface area contributed by atoms with E-state index in [4.69, 9.17) is 0 Å². The fourth-order valence-corrected chi connectivity index (χ4v) is 3.38. The number of fused-ring (bicyclic) bond motifs is 1. The number of aromatic nitrogens is 2. The number of carbonyl (C=O) groups excluding carboxylic acids is 1. The number of aromatic amines is 1. The van der Waals surface area contributed by atoms with Gasteiger partial charge in [-0.15, -0.1) is 0 Å². The molecule has 0 atom stereocenters. The van der Waals surface area contributed by atoms with Crippen LogP contribution in [0.25, 0.3) is 11.0 Å². The molecule has 0 saturated heterocycles. The van der Waals surface area contributed by atoms with Crippen molar-refractivity contribution in [1.82, 2.24) is 14.9 Å². The first-order chi connectivity index (χ1) is 10.7. The van der Waals surface area contributed by atoms with E-state index >= 15 is 0 Å². The first-order valence-corrected chi connectivity index (χ1v) is 8.42. The maximum atomic E-state index is 12.4. The van der Waals surface area contributed by atoms with E-state index in [0.717, 1.165) is 49.1 Å². The van der Waals surface area contributed by atoms with Gasteiger partial charge in [-0.05, 0) is 31.4 Å². The molecule has 0 spiro atoms. The summed E-state index contributed by atoms with van der Waals surface area (Å²) < 4.78 is 0. The predicted octanol–water partition coefficient (Wildman–Crippen LogP) is 3.53. The number of H-pyrrole nitrogens is 1. The minimum Gasteiger partial charge on any atom is -0.346 e. The number of hydrogen-bond donors (Lipinski definition) is 1. The van der Waals surface area contributed by atoms with Gasteiger partial charge < -0.3 is 9.88 Å². The lowest BCUT2D eigenvalue weighted by molar-refractivity contribution is -0.135. The Morgan fingerprint density at radius 3 is 2.82 bits per heavy atom. The van der Waals surface area contributed by atoms with Crippen molar-refractivity contribution in [3.8, 4) is 0 Å². The van der Waals surface area contributed by atoms with Crippen molar-refractivity contribution in [1.29, 1.82) is 0 Å². The molecule has 3 rings (SSSR count). The Balaban J connectivity index is 1.48. The Bertz CT molecular complexity index is 595. The Morgan fingerprint density at radius 2 is 2.05 bits per heavy atom. The van der Waals surface area contributed by atoms with Crippen LogP contribution >= 0.6 is 0 Å². The molecule has 1 fully saturated rings. The Labute approximate surface area is 131 Å². The maximum Gasteiger partial charge on any atom is 0.225 e. The summed E-state index contributed by atoms with van der Waals surface area (Å²) in [5.41, 5.74) is 2.10. The zero-order valence-corrected chi connectivity index (χ0v) is 13.3. The van der Waals surface area contributed by atoms with Crippen molar-refractivity contribution < 1.29 is 4.79 Å². The Morgan fingerprint density at radius 1 is 1.27 bits per heavy atom. The monoisotopic (exact) mass is 299 g/mol. The molecule has 0 bridgehead atoms. The number of benzene rings is 1. The smallest absolute Gasteiger partial charge is 0.225 e. The van der Waals surface area contributed by atoms with Crippen LogP contribution in [0.15, 0.2) is 24.3 Å². The van der Waals surface area contributed by atoms with Crippen LogP contribution < -0.4 is 0 Å². The fourth-order valence-electron chi connectivity index (χ4n) is 3.38. The molecule has 2 aromatic rings. The lowest BCUT2D eigenvalue weighted by Crippen LogP contribution is -2.34. The number of carbonyl (C=O) groups is 1. The molecule has 1 amide bonds. The van der Waals surface area contributed by atoms with E-state index in [2.05, 4.69) is 9.97 Å². The average Bonchev–Trinajstić information content (AvgIpc) is 2.97. The second kappa shape index (κ2) is 6.95. The molecule has 0 radical (unpaired) electrons. The number of amides is 1. The molecule has 1 aromatic heterocycles. The molecule has 0 aliphatic heterocycles. The molecular weight excluding hydrogens is 274 g/mol. The van der Waals surface area contributed by atoms with Crippen molar-refractivity contribution in [3.05, 3.63) is 30.1 Å². The standard InChI is InChI=1S/C18H25N3O/c1-21(18(22)14-8-3-2-4-9-14)13-7-12-17-19-15-10-5-6-11-16(15)20-17/h5-6,10-11,14H,2-4,7-9,12-13H2,1H3,(H,19,20). The molecule has 1 aliphatic rings. The SMILES string of the molecule is CN(CCCc1nc2ccccc2[nH]1)C(=O)C1CCCCC1. The number of imidazole rings is 1. The first-order valence-electron chi connectivity index (χ1n) is 8.42. The summed E-state index contributed by atoms with van der Waals surface area (Å²) in [5.74, 6) is 1.62. The van der Waals surface area contributed by atoms with E-state index in [9.17, 15) is 4.79 Å². The summed E-state index contributed by atoms with van der Waals surface area (Å²) in [6.07, 6.45) is 7.71. The van der Waals surface area contributed by atoms with Crippen molar-refractivity contribution in [3.63, 3.8) is 0 Å². The van der Waals surface area contributed by atoms with Crippen LogP contribution in [0.4, 0.5) is 0 Å². The van der Waals surface area contributed by atoms with Gasteiger partial charge in [0, 0.05) is 25.9 Å². The summed E-state index contributed by atoms with van der Waals surface area (Å²) in [7, 11) is 1.94. The number of para-hydroxylation sites is 2. The van der Waals surface area contributed by atoms with E-state index in [0.29, 0.717) is 5.91 Å². The lowest BCUT2D eigenvalue weighted by atomic mass is 9.88. The molecule has 118 valence electrons. The first kappa shape index (κ1) is 15.1. The summed E-state index contributed by atoms with van der Waals surface area (Å²) in [4.78, 5) is 22.2. The molecule has 1 aliphatic carbocycles. The van der Waals surface area contributed by atoms with Crippen molar-refractivity contribution >= 4 is 16.9 Å². The molecule has 22 heavy (non-hydrogen) atoms. The Hall–Kier alpha value is -1.84. The van der Waals surface area contributed by atoms with E-state index in [-0.39, 0.29) is 5.92 Å². The topological polar surface area (TPSA) is 49.0 Å². The third-order valence-corrected chi connectivity index (χ3v) is 4.68. The summed E-state index contributed by atoms with van der Waals surface area (Å²) >= 11 is 0. The minimum absolute atomic E-state index is 0.268. The second-order valence-electron chi connectivity index (χ2n) is 6.40. The minimum atomic E-state index is 0.268. The van der Waals surface area contributed by atoms with Crippen LogP contribution in [-0.4, -0.2) is 34.4 Å². The van der Waals surface area contributed by atoms with Crippen LogP contribution in [0.5, 0.6) is 0 Å². The maximum absolute atomic E-state index is 12.4. The quantitative estimate of drug-likeness (QED) is 0.918. The van der Waals surface area contributed by atoms with E-state index in [1.165, 1.54) is 19.3 Å². The zero-order chi connectivity index (χ0) is 15.4. The highest BCUT2D eigenvalue weighted by atomic mass is 16.2. The molecule has 1 heterocycles. The van der Waals surface area contributed by atoms with Crippen LogP contribution in [0, 0.1) is 5.92 Å². The molecule has 0 unspecified atom stereocenters. The highest BCUT2D eigenvalue weighted by Crippen LogP contribution is 2.25. The predicted molar refractivity (Wildman–Crippen MR) is 88.6 cm³/mol. The Kier molecular flexibility index (Phi) is 4.76. The van der Waals surface area contributed by atoms with Gasteiger partial charge in [-0.3, -0.25) is 4.79 Å². The van der Waals surface area contributed by atoms with Crippen molar-refractivity contribution in [2.45, 2.75) is 44.9 Å². The van der Waals surface area contributed by atoms with Gasteiger partial charge in [0.2, 0.25) is 5.91 Å². The van der Waals surface area contributed by atoms with Gasteiger partial charge in [0.1, 0.15) is 5.82 Å². The number of nitrogens with zero attached hydrogens (tertiary/aromatic N) is 2. The third kappa shape index (κ3) is 3.49. The van der Waals surface area contributed by atoms with Gasteiger partial charge in [-0.2, -0.15) is 0 Å².